The van der Waals surface area contributed by atoms with Crippen molar-refractivity contribution >= 4 is 5.96 Å². The highest BCUT2D eigenvalue weighted by Gasteiger charge is 2.06. The molecular weight excluding hydrogens is 330 g/mol. The summed E-state index contributed by atoms with van der Waals surface area (Å²) in [6, 6.07) is 13.6. The van der Waals surface area contributed by atoms with Gasteiger partial charge in [-0.05, 0) is 35.7 Å². The van der Waals surface area contributed by atoms with E-state index in [1.54, 1.807) is 14.2 Å². The molecule has 0 bridgehead atoms. The first-order chi connectivity index (χ1) is 12.7. The minimum absolute atomic E-state index is 0.0250. The number of hydrogen-bond acceptors (Lipinski definition) is 4. The third kappa shape index (κ3) is 5.39. The summed E-state index contributed by atoms with van der Waals surface area (Å²) in [5.74, 6) is 2.11. The van der Waals surface area contributed by atoms with Gasteiger partial charge in [-0.15, -0.1) is 0 Å². The summed E-state index contributed by atoms with van der Waals surface area (Å²) < 4.78 is 10.6. The van der Waals surface area contributed by atoms with E-state index in [1.165, 1.54) is 0 Å². The normalized spacial score (nSPS) is 11.2. The molecule has 0 saturated carbocycles. The molecule has 140 valence electrons. The molecule has 0 atom stereocenters. The quantitative estimate of drug-likeness (QED) is 0.500. The van der Waals surface area contributed by atoms with Gasteiger partial charge in [0.2, 0.25) is 0 Å². The van der Waals surface area contributed by atoms with Gasteiger partial charge < -0.3 is 25.2 Å². The molecule has 0 aliphatic rings. The summed E-state index contributed by atoms with van der Waals surface area (Å²) in [5, 5.41) is 16.0. The summed E-state index contributed by atoms with van der Waals surface area (Å²) in [5.41, 5.74) is 2.98. The van der Waals surface area contributed by atoms with Crippen LogP contribution in [0.25, 0.3) is 0 Å². The van der Waals surface area contributed by atoms with E-state index in [-0.39, 0.29) is 6.61 Å². The number of nitrogens with one attached hydrogen (secondary N) is 2. The number of nitrogens with zero attached hydrogens (tertiary/aromatic N) is 1. The second-order valence-corrected chi connectivity index (χ2v) is 5.66. The number of aliphatic imine (C=N–C) groups is 1. The second-order valence-electron chi connectivity index (χ2n) is 5.66. The van der Waals surface area contributed by atoms with Crippen molar-refractivity contribution in [2.24, 2.45) is 4.99 Å². The topological polar surface area (TPSA) is 75.1 Å². The Balaban J connectivity index is 2.06. The van der Waals surface area contributed by atoms with Crippen LogP contribution in [-0.2, 0) is 19.7 Å². The van der Waals surface area contributed by atoms with Crippen LogP contribution in [0.1, 0.15) is 23.6 Å². The predicted octanol–water partition coefficient (Wildman–Crippen LogP) is 2.45. The molecule has 6 heteroatoms. The van der Waals surface area contributed by atoms with Crippen LogP contribution >= 0.6 is 0 Å². The molecule has 0 heterocycles. The summed E-state index contributed by atoms with van der Waals surface area (Å²) in [6.45, 7) is 3.91. The molecule has 0 unspecified atom stereocenters. The molecule has 0 saturated heterocycles. The Hall–Kier alpha value is -2.73. The minimum atomic E-state index is 0.0250. The van der Waals surface area contributed by atoms with E-state index in [9.17, 15) is 5.11 Å². The van der Waals surface area contributed by atoms with Crippen molar-refractivity contribution in [3.63, 3.8) is 0 Å². The monoisotopic (exact) mass is 357 g/mol. The Labute approximate surface area is 154 Å². The third-order valence-electron chi connectivity index (χ3n) is 3.95. The number of benzene rings is 2. The average molecular weight is 357 g/mol. The van der Waals surface area contributed by atoms with Crippen LogP contribution in [-0.4, -0.2) is 31.8 Å². The highest BCUT2D eigenvalue weighted by molar-refractivity contribution is 5.79. The van der Waals surface area contributed by atoms with Gasteiger partial charge >= 0.3 is 0 Å². The molecule has 0 aliphatic heterocycles. The van der Waals surface area contributed by atoms with Crippen molar-refractivity contribution in [1.82, 2.24) is 10.6 Å². The first-order valence-electron chi connectivity index (χ1n) is 8.62. The fraction of sp³-hybridized carbons (Fsp3) is 0.350. The van der Waals surface area contributed by atoms with Crippen LogP contribution in [0, 0.1) is 0 Å². The van der Waals surface area contributed by atoms with Gasteiger partial charge in [0.05, 0.1) is 27.4 Å². The van der Waals surface area contributed by atoms with Gasteiger partial charge in [0.15, 0.2) is 17.5 Å². The molecule has 2 aromatic rings. The highest BCUT2D eigenvalue weighted by atomic mass is 16.5. The average Bonchev–Trinajstić information content (AvgIpc) is 2.69. The number of methoxy groups -OCH3 is 2. The Morgan fingerprint density at radius 1 is 1.00 bits per heavy atom. The van der Waals surface area contributed by atoms with Crippen molar-refractivity contribution in [3.05, 3.63) is 59.2 Å². The first kappa shape index (κ1) is 19.6. The fourth-order valence-corrected chi connectivity index (χ4v) is 2.55. The van der Waals surface area contributed by atoms with Crippen LogP contribution < -0.4 is 20.1 Å². The van der Waals surface area contributed by atoms with Crippen molar-refractivity contribution in [2.75, 3.05) is 20.8 Å². The van der Waals surface area contributed by atoms with Crippen molar-refractivity contribution in [3.8, 4) is 11.5 Å². The Morgan fingerprint density at radius 3 is 2.38 bits per heavy atom. The Morgan fingerprint density at radius 2 is 1.73 bits per heavy atom. The molecule has 0 radical (unpaired) electrons. The van der Waals surface area contributed by atoms with Crippen molar-refractivity contribution in [1.29, 1.82) is 0 Å². The van der Waals surface area contributed by atoms with Crippen molar-refractivity contribution in [2.45, 2.75) is 26.6 Å². The maximum Gasteiger partial charge on any atom is 0.191 e. The molecule has 26 heavy (non-hydrogen) atoms. The van der Waals surface area contributed by atoms with E-state index in [4.69, 9.17) is 9.47 Å². The lowest BCUT2D eigenvalue weighted by Gasteiger charge is -2.13. The number of hydrogen-bond donors (Lipinski definition) is 3. The van der Waals surface area contributed by atoms with Crippen LogP contribution in [0.15, 0.2) is 47.5 Å². The van der Waals surface area contributed by atoms with Crippen LogP contribution in [0.3, 0.4) is 0 Å². The summed E-state index contributed by atoms with van der Waals surface area (Å²) >= 11 is 0. The summed E-state index contributed by atoms with van der Waals surface area (Å²) in [4.78, 5) is 4.62. The molecular formula is C20H27N3O3. The predicted molar refractivity (Wildman–Crippen MR) is 104 cm³/mol. The van der Waals surface area contributed by atoms with Gasteiger partial charge in [-0.1, -0.05) is 30.3 Å². The summed E-state index contributed by atoms with van der Waals surface area (Å²) in [6.07, 6.45) is 0. The van der Waals surface area contributed by atoms with Crippen molar-refractivity contribution < 1.29 is 14.6 Å². The zero-order valence-corrected chi connectivity index (χ0v) is 15.6. The molecule has 2 rings (SSSR count). The largest absolute Gasteiger partial charge is 0.493 e. The summed E-state index contributed by atoms with van der Waals surface area (Å²) in [7, 11) is 3.24. The Bertz CT molecular complexity index is 732. The lowest BCUT2D eigenvalue weighted by molar-refractivity contribution is 0.280. The third-order valence-corrected chi connectivity index (χ3v) is 3.95. The standard InChI is InChI=1S/C20H27N3O3/c1-4-21-20(23-13-16-7-5-6-8-17(16)14-24)22-12-15-9-10-18(25-2)19(11-15)26-3/h5-11,24H,4,12-14H2,1-3H3,(H2,21,22,23). The first-order valence-corrected chi connectivity index (χ1v) is 8.62. The van der Waals surface area contributed by atoms with Gasteiger partial charge in [0.1, 0.15) is 0 Å². The maximum atomic E-state index is 9.44. The molecule has 0 amide bonds. The molecule has 3 N–H and O–H groups in total. The lowest BCUT2D eigenvalue weighted by Crippen LogP contribution is -2.37. The number of ether oxygens (including phenoxy) is 2. The van der Waals surface area contributed by atoms with Gasteiger partial charge in [0.25, 0.3) is 0 Å². The molecule has 0 aliphatic carbocycles. The van der Waals surface area contributed by atoms with Crippen LogP contribution in [0.4, 0.5) is 0 Å². The number of rotatable bonds is 8. The zero-order valence-electron chi connectivity index (χ0n) is 15.6. The van der Waals surface area contributed by atoms with E-state index >= 15 is 0 Å². The van der Waals surface area contributed by atoms with E-state index in [1.807, 2.05) is 49.4 Å². The zero-order chi connectivity index (χ0) is 18.8. The maximum absolute atomic E-state index is 9.44. The number of aliphatic hydroxyl groups excluding tert-OH is 1. The molecule has 0 aromatic heterocycles. The molecule has 0 spiro atoms. The number of aliphatic hydroxyl groups is 1. The van der Waals surface area contributed by atoms with E-state index in [2.05, 4.69) is 15.6 Å². The SMILES string of the molecule is CCNC(=NCc1ccc(OC)c(OC)c1)NCc1ccccc1CO. The highest BCUT2D eigenvalue weighted by Crippen LogP contribution is 2.27. The Kier molecular flexibility index (Phi) is 7.76. The van der Waals surface area contributed by atoms with Gasteiger partial charge in [-0.2, -0.15) is 0 Å². The second kappa shape index (κ2) is 10.3. The van der Waals surface area contributed by atoms with E-state index in [0.29, 0.717) is 24.6 Å². The number of guanidine groups is 1. The fourth-order valence-electron chi connectivity index (χ4n) is 2.55. The minimum Gasteiger partial charge on any atom is -0.493 e. The lowest BCUT2D eigenvalue weighted by atomic mass is 10.1. The van der Waals surface area contributed by atoms with E-state index in [0.717, 1.165) is 29.2 Å². The smallest absolute Gasteiger partial charge is 0.191 e. The molecule has 0 fully saturated rings. The van der Waals surface area contributed by atoms with Gasteiger partial charge in [-0.3, -0.25) is 0 Å². The van der Waals surface area contributed by atoms with E-state index < -0.39 is 0 Å². The van der Waals surface area contributed by atoms with Crippen LogP contribution in [0.2, 0.25) is 0 Å². The van der Waals surface area contributed by atoms with Gasteiger partial charge in [0, 0.05) is 13.1 Å². The van der Waals surface area contributed by atoms with Crippen LogP contribution in [0.5, 0.6) is 11.5 Å². The molecule has 2 aromatic carbocycles. The molecule has 6 nitrogen and oxygen atoms in total. The van der Waals surface area contributed by atoms with Gasteiger partial charge in [-0.25, -0.2) is 4.99 Å².